The molecule has 4 heteroatoms. The summed E-state index contributed by atoms with van der Waals surface area (Å²) in [6.45, 7) is 4.49. The maximum Gasteiger partial charge on any atom is 0.277 e. The van der Waals surface area contributed by atoms with E-state index in [1.165, 1.54) is 30.6 Å². The quantitative estimate of drug-likeness (QED) is 0.492. The van der Waals surface area contributed by atoms with Crippen LogP contribution in [0.5, 0.6) is 0 Å². The highest BCUT2D eigenvalue weighted by molar-refractivity contribution is 6.35. The zero-order valence-corrected chi connectivity index (χ0v) is 15.9. The molecule has 2 amide bonds. The summed E-state index contributed by atoms with van der Waals surface area (Å²) in [7, 11) is 0. The zero-order chi connectivity index (χ0) is 18.4. The number of amides is 2. The summed E-state index contributed by atoms with van der Waals surface area (Å²) in [5, 5.41) is 0. The summed E-state index contributed by atoms with van der Waals surface area (Å²) in [5.74, 6) is -0.207. The monoisotopic (exact) mass is 354 g/mol. The Balaban J connectivity index is 1.73. The normalized spacial score (nSPS) is 17.7. The van der Waals surface area contributed by atoms with Crippen LogP contribution in [-0.4, -0.2) is 41.2 Å². The Kier molecular flexibility index (Phi) is 6.48. The molecule has 4 nitrogen and oxygen atoms in total. The molecule has 2 aliphatic heterocycles. The van der Waals surface area contributed by atoms with Crippen molar-refractivity contribution in [2.75, 3.05) is 19.6 Å². The molecule has 1 aromatic carbocycles. The maximum atomic E-state index is 13.1. The Hall–Kier alpha value is -2.10. The predicted octanol–water partition coefficient (Wildman–Crippen LogP) is 4.22. The molecular weight excluding hydrogens is 324 g/mol. The number of benzene rings is 1. The summed E-state index contributed by atoms with van der Waals surface area (Å²) in [5.41, 5.74) is 2.09. The second-order valence-electron chi connectivity index (χ2n) is 7.31. The van der Waals surface area contributed by atoms with E-state index in [0.29, 0.717) is 17.8 Å². The lowest BCUT2D eigenvalue weighted by Gasteiger charge is -2.20. The van der Waals surface area contributed by atoms with E-state index in [2.05, 4.69) is 11.8 Å². The van der Waals surface area contributed by atoms with Crippen molar-refractivity contribution in [2.24, 2.45) is 0 Å². The Morgan fingerprint density at radius 3 is 2.19 bits per heavy atom. The van der Waals surface area contributed by atoms with Gasteiger partial charge < -0.3 is 4.90 Å². The lowest BCUT2D eigenvalue weighted by Crippen LogP contribution is -2.35. The molecule has 1 saturated heterocycles. The number of carbonyl (C=O) groups excluding carboxylic acids is 2. The molecule has 0 unspecified atom stereocenters. The average Bonchev–Trinajstić information content (AvgIpc) is 3.26. The molecule has 0 spiro atoms. The topological polar surface area (TPSA) is 40.6 Å². The van der Waals surface area contributed by atoms with Gasteiger partial charge in [-0.15, -0.1) is 0 Å². The summed E-state index contributed by atoms with van der Waals surface area (Å²) in [6.07, 6.45) is 9.07. The molecule has 0 N–H and O–H groups in total. The fourth-order valence-electron chi connectivity index (χ4n) is 3.92. The molecule has 26 heavy (non-hydrogen) atoms. The van der Waals surface area contributed by atoms with E-state index in [1.54, 1.807) is 0 Å². The third kappa shape index (κ3) is 4.00. The number of nitrogens with zero attached hydrogens (tertiary/aromatic N) is 2. The molecule has 2 aliphatic rings. The lowest BCUT2D eigenvalue weighted by molar-refractivity contribution is -0.137. The van der Waals surface area contributed by atoms with Crippen molar-refractivity contribution in [2.45, 2.75) is 58.3 Å². The molecule has 0 saturated carbocycles. The number of rotatable bonds is 9. The molecule has 3 rings (SSSR count). The molecular formula is C22H30N2O2. The summed E-state index contributed by atoms with van der Waals surface area (Å²) in [4.78, 5) is 29.7. The van der Waals surface area contributed by atoms with Crippen LogP contribution >= 0.6 is 0 Å². The second-order valence-corrected chi connectivity index (χ2v) is 7.31. The Bertz CT molecular complexity index is 660. The average molecular weight is 354 g/mol. The van der Waals surface area contributed by atoms with E-state index in [-0.39, 0.29) is 11.8 Å². The number of imide groups is 1. The van der Waals surface area contributed by atoms with Gasteiger partial charge in [0.05, 0.1) is 5.57 Å². The van der Waals surface area contributed by atoms with E-state index in [4.69, 9.17) is 0 Å². The molecule has 2 heterocycles. The molecule has 0 atom stereocenters. The van der Waals surface area contributed by atoms with Gasteiger partial charge in [0.15, 0.2) is 0 Å². The first-order valence-corrected chi connectivity index (χ1v) is 10.1. The van der Waals surface area contributed by atoms with Gasteiger partial charge in [-0.25, -0.2) is 0 Å². The summed E-state index contributed by atoms with van der Waals surface area (Å²) in [6, 6.07) is 9.67. The van der Waals surface area contributed by atoms with E-state index in [9.17, 15) is 9.59 Å². The number of carbonyl (C=O) groups is 2. The van der Waals surface area contributed by atoms with Crippen LogP contribution in [0.15, 0.2) is 36.0 Å². The number of unbranched alkanes of at least 4 members (excludes halogenated alkanes) is 5. The van der Waals surface area contributed by atoms with Gasteiger partial charge in [-0.1, -0.05) is 69.4 Å². The largest absolute Gasteiger partial charge is 0.366 e. The van der Waals surface area contributed by atoms with Gasteiger partial charge in [-0.3, -0.25) is 14.5 Å². The van der Waals surface area contributed by atoms with Crippen LogP contribution in [0.25, 0.3) is 5.57 Å². The second kappa shape index (κ2) is 9.02. The lowest BCUT2D eigenvalue weighted by atomic mass is 10.0. The van der Waals surface area contributed by atoms with Gasteiger partial charge in [0.1, 0.15) is 5.70 Å². The van der Waals surface area contributed by atoms with E-state index in [1.807, 2.05) is 30.3 Å². The van der Waals surface area contributed by atoms with Gasteiger partial charge in [0.2, 0.25) is 0 Å². The fourth-order valence-corrected chi connectivity index (χ4v) is 3.92. The zero-order valence-electron chi connectivity index (χ0n) is 15.9. The maximum absolute atomic E-state index is 13.1. The van der Waals surface area contributed by atoms with Gasteiger partial charge >= 0.3 is 0 Å². The van der Waals surface area contributed by atoms with Crippen LogP contribution in [0.2, 0.25) is 0 Å². The van der Waals surface area contributed by atoms with Crippen LogP contribution in [0.1, 0.15) is 63.9 Å². The Labute approximate surface area is 156 Å². The van der Waals surface area contributed by atoms with Crippen molar-refractivity contribution in [1.82, 2.24) is 9.80 Å². The smallest absolute Gasteiger partial charge is 0.277 e. The van der Waals surface area contributed by atoms with Crippen molar-refractivity contribution in [3.63, 3.8) is 0 Å². The Morgan fingerprint density at radius 2 is 1.50 bits per heavy atom. The van der Waals surface area contributed by atoms with Gasteiger partial charge in [-0.2, -0.15) is 0 Å². The van der Waals surface area contributed by atoms with Gasteiger partial charge in [0, 0.05) is 19.6 Å². The number of hydrogen-bond donors (Lipinski definition) is 0. The van der Waals surface area contributed by atoms with Crippen LogP contribution in [-0.2, 0) is 9.59 Å². The van der Waals surface area contributed by atoms with Gasteiger partial charge in [0.25, 0.3) is 11.8 Å². The predicted molar refractivity (Wildman–Crippen MR) is 104 cm³/mol. The highest BCUT2D eigenvalue weighted by atomic mass is 16.2. The molecule has 0 aromatic heterocycles. The highest BCUT2D eigenvalue weighted by Crippen LogP contribution is 2.33. The van der Waals surface area contributed by atoms with Crippen LogP contribution in [0, 0.1) is 0 Å². The van der Waals surface area contributed by atoms with Crippen molar-refractivity contribution in [3.8, 4) is 0 Å². The SMILES string of the molecule is CCCCCCCCN1C(=O)C(c2ccccc2)=C(N2CCCC2)C1=O. The minimum absolute atomic E-state index is 0.0932. The van der Waals surface area contributed by atoms with Crippen molar-refractivity contribution in [1.29, 1.82) is 0 Å². The third-order valence-electron chi connectivity index (χ3n) is 5.36. The Morgan fingerprint density at radius 1 is 0.846 bits per heavy atom. The molecule has 140 valence electrons. The van der Waals surface area contributed by atoms with Crippen LogP contribution in [0.4, 0.5) is 0 Å². The molecule has 1 fully saturated rings. The first-order chi connectivity index (χ1) is 12.7. The fraction of sp³-hybridized carbons (Fsp3) is 0.545. The van der Waals surface area contributed by atoms with Crippen molar-refractivity contribution >= 4 is 17.4 Å². The van der Waals surface area contributed by atoms with Crippen molar-refractivity contribution < 1.29 is 9.59 Å². The highest BCUT2D eigenvalue weighted by Gasteiger charge is 2.41. The van der Waals surface area contributed by atoms with Crippen LogP contribution < -0.4 is 0 Å². The minimum atomic E-state index is -0.114. The minimum Gasteiger partial charge on any atom is -0.366 e. The number of hydrogen-bond acceptors (Lipinski definition) is 3. The van der Waals surface area contributed by atoms with Crippen LogP contribution in [0.3, 0.4) is 0 Å². The summed E-state index contributed by atoms with van der Waals surface area (Å²) < 4.78 is 0. The third-order valence-corrected chi connectivity index (χ3v) is 5.36. The molecule has 1 aromatic rings. The number of likely N-dealkylation sites (tertiary alicyclic amines) is 1. The molecule has 0 radical (unpaired) electrons. The van der Waals surface area contributed by atoms with Gasteiger partial charge in [-0.05, 0) is 24.8 Å². The van der Waals surface area contributed by atoms with E-state index >= 15 is 0 Å². The first kappa shape index (κ1) is 18.7. The molecule has 0 aliphatic carbocycles. The van der Waals surface area contributed by atoms with Crippen molar-refractivity contribution in [3.05, 3.63) is 41.6 Å². The molecule has 0 bridgehead atoms. The van der Waals surface area contributed by atoms with E-state index in [0.717, 1.165) is 44.3 Å². The summed E-state index contributed by atoms with van der Waals surface area (Å²) >= 11 is 0. The standard InChI is InChI=1S/C22H30N2O2/c1-2-3-4-5-6-10-17-24-21(25)19(18-13-8-7-9-14-18)20(22(24)26)23-15-11-12-16-23/h7-9,13-14H,2-6,10-12,15-17H2,1H3. The first-order valence-electron chi connectivity index (χ1n) is 10.1. The van der Waals surface area contributed by atoms with E-state index < -0.39 is 0 Å².